The van der Waals surface area contributed by atoms with Crippen LogP contribution in [0.3, 0.4) is 0 Å². The summed E-state index contributed by atoms with van der Waals surface area (Å²) >= 11 is 1.21. The number of esters is 1. The lowest BCUT2D eigenvalue weighted by Gasteiger charge is -2.14. The van der Waals surface area contributed by atoms with Gasteiger partial charge in [-0.15, -0.1) is 11.3 Å². The Morgan fingerprint density at radius 2 is 1.94 bits per heavy atom. The van der Waals surface area contributed by atoms with E-state index >= 15 is 0 Å². The highest BCUT2D eigenvalue weighted by atomic mass is 32.1. The number of benzene rings is 1. The van der Waals surface area contributed by atoms with Gasteiger partial charge in [0.25, 0.3) is 5.91 Å². The maximum atomic E-state index is 12.2. The molecule has 9 heteroatoms. The molecule has 0 bridgehead atoms. The molecule has 0 unspecified atom stereocenters. The Balaban J connectivity index is 1.72. The van der Waals surface area contributed by atoms with Crippen LogP contribution in [0, 0.1) is 6.92 Å². The van der Waals surface area contributed by atoms with Gasteiger partial charge in [-0.1, -0.05) is 24.3 Å². The van der Waals surface area contributed by atoms with Gasteiger partial charge in [-0.05, 0) is 67.9 Å². The quantitative estimate of drug-likeness (QED) is 0.448. The third-order valence-electron chi connectivity index (χ3n) is 5.37. The van der Waals surface area contributed by atoms with Crippen LogP contribution in [-0.4, -0.2) is 30.1 Å². The van der Waals surface area contributed by atoms with Crippen LogP contribution >= 0.6 is 11.3 Å². The first-order chi connectivity index (χ1) is 15.2. The van der Waals surface area contributed by atoms with Crippen molar-refractivity contribution in [2.45, 2.75) is 51.2 Å². The summed E-state index contributed by atoms with van der Waals surface area (Å²) in [5.74, 6) is -1.01. The number of urea groups is 1. The van der Waals surface area contributed by atoms with Crippen LogP contribution in [0.4, 0.5) is 9.80 Å². The van der Waals surface area contributed by atoms with Gasteiger partial charge in [0.2, 0.25) is 0 Å². The number of amides is 3. The highest BCUT2D eigenvalue weighted by molar-refractivity contribution is 7.20. The molecule has 1 heterocycles. The fraction of sp³-hybridized carbons (Fsp3) is 0.348. The van der Waals surface area contributed by atoms with Gasteiger partial charge in [0.1, 0.15) is 17.1 Å². The monoisotopic (exact) mass is 456 g/mol. The molecule has 1 saturated carbocycles. The molecule has 3 rings (SSSR count). The van der Waals surface area contributed by atoms with Crippen molar-refractivity contribution in [1.29, 1.82) is 0 Å². The number of thiophene rings is 1. The van der Waals surface area contributed by atoms with E-state index in [4.69, 9.17) is 21.9 Å². The summed E-state index contributed by atoms with van der Waals surface area (Å²) in [6.07, 6.45) is 8.15. The molecule has 1 aliphatic carbocycles. The van der Waals surface area contributed by atoms with E-state index in [1.165, 1.54) is 11.3 Å². The van der Waals surface area contributed by atoms with Crippen LogP contribution in [0.25, 0.3) is 16.5 Å². The Kier molecular flexibility index (Phi) is 7.66. The average Bonchev–Trinajstić information content (AvgIpc) is 3.38. The van der Waals surface area contributed by atoms with E-state index in [2.05, 4.69) is 5.32 Å². The Bertz CT molecular complexity index is 1040. The summed E-state index contributed by atoms with van der Waals surface area (Å²) in [6, 6.07) is 5.99. The second-order valence-electron chi connectivity index (χ2n) is 7.87. The second-order valence-corrected chi connectivity index (χ2v) is 8.92. The third-order valence-corrected chi connectivity index (χ3v) is 6.47. The molecule has 1 aromatic heterocycles. The largest absolute Gasteiger partial charge is 0.461 e. The maximum Gasteiger partial charge on any atom is 0.323 e. The highest BCUT2D eigenvalue weighted by Crippen LogP contribution is 2.36. The molecule has 0 aliphatic heterocycles. The minimum atomic E-state index is -0.767. The lowest BCUT2D eigenvalue weighted by Crippen LogP contribution is -2.33. The molecule has 1 aromatic carbocycles. The van der Waals surface area contributed by atoms with Gasteiger partial charge < -0.3 is 21.9 Å². The number of carbonyl (C=O) groups is 3. The van der Waals surface area contributed by atoms with Gasteiger partial charge >= 0.3 is 12.0 Å². The Hall–Kier alpha value is -3.17. The van der Waals surface area contributed by atoms with E-state index in [0.29, 0.717) is 11.4 Å². The van der Waals surface area contributed by atoms with Crippen LogP contribution in [0.1, 0.15) is 53.6 Å². The van der Waals surface area contributed by atoms with E-state index in [9.17, 15) is 14.4 Å². The summed E-state index contributed by atoms with van der Waals surface area (Å²) in [7, 11) is 0. The zero-order chi connectivity index (χ0) is 23.3. The van der Waals surface area contributed by atoms with Gasteiger partial charge in [0.05, 0.1) is 5.56 Å². The fourth-order valence-electron chi connectivity index (χ4n) is 3.59. The van der Waals surface area contributed by atoms with Crippen molar-refractivity contribution in [2.24, 2.45) is 17.2 Å². The van der Waals surface area contributed by atoms with Gasteiger partial charge in [-0.2, -0.15) is 0 Å². The molecule has 1 atom stereocenters. The number of ether oxygens (including phenoxy) is 1. The van der Waals surface area contributed by atoms with Crippen molar-refractivity contribution in [1.82, 2.24) is 0 Å². The molecule has 1 fully saturated rings. The Morgan fingerprint density at radius 1 is 1.22 bits per heavy atom. The van der Waals surface area contributed by atoms with Crippen molar-refractivity contribution in [3.8, 4) is 10.4 Å². The number of rotatable bonds is 8. The van der Waals surface area contributed by atoms with Crippen LogP contribution in [0.15, 0.2) is 30.3 Å². The van der Waals surface area contributed by atoms with Crippen molar-refractivity contribution in [3.63, 3.8) is 0 Å². The topological polar surface area (TPSA) is 151 Å². The molecular weight excluding hydrogens is 428 g/mol. The lowest BCUT2D eigenvalue weighted by molar-refractivity contribution is -0.150. The first kappa shape index (κ1) is 23.5. The molecule has 7 N–H and O–H groups in total. The normalized spacial score (nSPS) is 15.1. The molecule has 2 aromatic rings. The summed E-state index contributed by atoms with van der Waals surface area (Å²) in [5, 5.41) is 2.75. The number of primary amides is 2. The SMILES string of the molecule is Cc1ccc(-c2cc(C(N)=O)c(NC(N)=O)s2)cc1/C=C/C[C@H](N)C(=O)OC1CCCC1. The van der Waals surface area contributed by atoms with E-state index in [1.807, 2.05) is 37.3 Å². The molecule has 170 valence electrons. The first-order valence-corrected chi connectivity index (χ1v) is 11.3. The highest BCUT2D eigenvalue weighted by Gasteiger charge is 2.22. The number of carbonyl (C=O) groups excluding carboxylic acids is 3. The third kappa shape index (κ3) is 5.95. The number of hydrogen-bond acceptors (Lipinski definition) is 6. The predicted octanol–water partition coefficient (Wildman–Crippen LogP) is 3.53. The van der Waals surface area contributed by atoms with Crippen molar-refractivity contribution in [3.05, 3.63) is 47.0 Å². The minimum Gasteiger partial charge on any atom is -0.461 e. The summed E-state index contributed by atoms with van der Waals surface area (Å²) in [6.45, 7) is 1.97. The van der Waals surface area contributed by atoms with E-state index < -0.39 is 18.0 Å². The van der Waals surface area contributed by atoms with Gasteiger partial charge in [0.15, 0.2) is 0 Å². The zero-order valence-electron chi connectivity index (χ0n) is 17.9. The summed E-state index contributed by atoms with van der Waals surface area (Å²) in [5.41, 5.74) is 19.6. The predicted molar refractivity (Wildman–Crippen MR) is 126 cm³/mol. The summed E-state index contributed by atoms with van der Waals surface area (Å²) in [4.78, 5) is 35.8. The molecule has 32 heavy (non-hydrogen) atoms. The van der Waals surface area contributed by atoms with Crippen LogP contribution in [0.5, 0.6) is 0 Å². The van der Waals surface area contributed by atoms with Crippen LogP contribution < -0.4 is 22.5 Å². The summed E-state index contributed by atoms with van der Waals surface area (Å²) < 4.78 is 5.46. The molecule has 1 aliphatic rings. The Labute approximate surface area is 190 Å². The van der Waals surface area contributed by atoms with Crippen LogP contribution in [0.2, 0.25) is 0 Å². The first-order valence-electron chi connectivity index (χ1n) is 10.5. The van der Waals surface area contributed by atoms with Crippen LogP contribution in [-0.2, 0) is 9.53 Å². The molecular formula is C23H28N4O4S. The van der Waals surface area contributed by atoms with E-state index in [1.54, 1.807) is 6.07 Å². The smallest absolute Gasteiger partial charge is 0.323 e. The van der Waals surface area contributed by atoms with Gasteiger partial charge in [0, 0.05) is 4.88 Å². The number of anilines is 1. The molecule has 3 amide bonds. The molecule has 0 radical (unpaired) electrons. The Morgan fingerprint density at radius 3 is 2.59 bits per heavy atom. The number of nitrogens with one attached hydrogen (secondary N) is 1. The number of nitrogens with two attached hydrogens (primary N) is 3. The average molecular weight is 457 g/mol. The van der Waals surface area contributed by atoms with E-state index in [-0.39, 0.29) is 17.6 Å². The standard InChI is InChI=1S/C23H28N4O4S/c1-13-9-10-15(19-12-17(20(25)28)21(32-19)27-23(26)30)11-14(13)5-4-8-18(24)22(29)31-16-6-2-3-7-16/h4-5,9-12,16,18H,2-3,6-8,24H2,1H3,(H2,25,28)(H3,26,27,30)/b5-4+/t18-/m0/s1. The minimum absolute atomic E-state index is 0.00138. The fourth-order valence-corrected chi connectivity index (χ4v) is 4.65. The van der Waals surface area contributed by atoms with Gasteiger partial charge in [-0.3, -0.25) is 14.9 Å². The van der Waals surface area contributed by atoms with Gasteiger partial charge in [-0.25, -0.2) is 4.79 Å². The lowest BCUT2D eigenvalue weighted by atomic mass is 10.0. The molecule has 8 nitrogen and oxygen atoms in total. The zero-order valence-corrected chi connectivity index (χ0v) is 18.7. The maximum absolute atomic E-state index is 12.2. The number of aryl methyl sites for hydroxylation is 1. The molecule has 0 spiro atoms. The second kappa shape index (κ2) is 10.4. The van der Waals surface area contributed by atoms with Crippen molar-refractivity contribution < 1.29 is 19.1 Å². The van der Waals surface area contributed by atoms with Crippen molar-refractivity contribution >= 4 is 40.3 Å². The van der Waals surface area contributed by atoms with Crippen molar-refractivity contribution in [2.75, 3.05) is 5.32 Å². The molecule has 0 saturated heterocycles. The van der Waals surface area contributed by atoms with E-state index in [0.717, 1.165) is 47.3 Å². The number of hydrogen-bond donors (Lipinski definition) is 4.